The summed E-state index contributed by atoms with van der Waals surface area (Å²) in [6.45, 7) is 5.05. The SMILES string of the molecule is O=[N+]([O-])c1cc(C(F)(F)F)ccc1N/N=C(/c1ccccc1)C12CN3CN(CN(C3)C1)C2. The van der Waals surface area contributed by atoms with E-state index in [9.17, 15) is 23.3 Å². The molecule has 4 fully saturated rings. The molecule has 168 valence electrons. The van der Waals surface area contributed by atoms with E-state index in [0.29, 0.717) is 6.07 Å². The van der Waals surface area contributed by atoms with Crippen molar-refractivity contribution in [2.75, 3.05) is 45.1 Å². The average molecular weight is 446 g/mol. The van der Waals surface area contributed by atoms with Gasteiger partial charge in [-0.3, -0.25) is 30.2 Å². The Hall–Kier alpha value is -3.02. The van der Waals surface area contributed by atoms with E-state index in [0.717, 1.165) is 63.0 Å². The quantitative estimate of drug-likeness (QED) is 0.432. The van der Waals surface area contributed by atoms with Gasteiger partial charge in [0.2, 0.25) is 0 Å². The Morgan fingerprint density at radius 2 is 1.59 bits per heavy atom. The molecule has 6 rings (SSSR count). The molecule has 0 aromatic heterocycles. The number of hydrogen-bond donors (Lipinski definition) is 1. The van der Waals surface area contributed by atoms with Crippen LogP contribution in [-0.2, 0) is 6.18 Å². The van der Waals surface area contributed by atoms with Crippen LogP contribution in [-0.4, -0.2) is 65.0 Å². The second-order valence-corrected chi connectivity index (χ2v) is 8.62. The number of nitrogens with one attached hydrogen (secondary N) is 1. The number of benzene rings is 2. The van der Waals surface area contributed by atoms with Crippen molar-refractivity contribution in [1.29, 1.82) is 0 Å². The number of nitrogens with zero attached hydrogens (tertiary/aromatic N) is 5. The molecular weight excluding hydrogens is 425 g/mol. The largest absolute Gasteiger partial charge is 0.416 e. The zero-order chi connectivity index (χ0) is 22.5. The van der Waals surface area contributed by atoms with Crippen LogP contribution in [0.3, 0.4) is 0 Å². The molecule has 0 unspecified atom stereocenters. The van der Waals surface area contributed by atoms with Gasteiger partial charge >= 0.3 is 6.18 Å². The smallest absolute Gasteiger partial charge is 0.276 e. The standard InChI is InChI=1S/C21H21F3N6O2/c22-21(23,24)16-6-7-17(18(8-16)30(31)32)25-26-19(15-4-2-1-3-5-15)20-9-27-12-28(10-20)14-29(11-20)13-27/h1-8,25H,9-14H2/b26-19-. The molecule has 0 atom stereocenters. The summed E-state index contributed by atoms with van der Waals surface area (Å²) in [7, 11) is 0. The maximum atomic E-state index is 13.0. The maximum absolute atomic E-state index is 13.0. The summed E-state index contributed by atoms with van der Waals surface area (Å²) in [5.74, 6) is 0. The summed E-state index contributed by atoms with van der Waals surface area (Å²) in [5, 5.41) is 16.1. The van der Waals surface area contributed by atoms with E-state index in [4.69, 9.17) is 0 Å². The van der Waals surface area contributed by atoms with Crippen molar-refractivity contribution in [2.45, 2.75) is 6.18 Å². The van der Waals surface area contributed by atoms with Crippen molar-refractivity contribution in [1.82, 2.24) is 14.7 Å². The Labute approximate surface area is 182 Å². The van der Waals surface area contributed by atoms with E-state index in [1.54, 1.807) is 0 Å². The van der Waals surface area contributed by atoms with Gasteiger partial charge in [0, 0.05) is 25.7 Å². The highest BCUT2D eigenvalue weighted by Gasteiger charge is 2.51. The first-order valence-corrected chi connectivity index (χ1v) is 10.2. The molecule has 0 radical (unpaired) electrons. The fourth-order valence-corrected chi connectivity index (χ4v) is 5.10. The van der Waals surface area contributed by atoms with Crippen LogP contribution in [0.1, 0.15) is 11.1 Å². The number of nitro benzene ring substituents is 1. The van der Waals surface area contributed by atoms with Crippen LogP contribution in [0.25, 0.3) is 0 Å². The summed E-state index contributed by atoms with van der Waals surface area (Å²) in [6, 6.07) is 12.0. The Morgan fingerprint density at radius 3 is 2.12 bits per heavy atom. The first-order chi connectivity index (χ1) is 15.2. The normalized spacial score (nSPS) is 29.2. The predicted octanol–water partition coefficient (Wildman–Crippen LogP) is 3.24. The molecule has 1 N–H and O–H groups in total. The van der Waals surface area contributed by atoms with E-state index >= 15 is 0 Å². The Kier molecular flexibility index (Phi) is 4.91. The summed E-state index contributed by atoms with van der Waals surface area (Å²) >= 11 is 0. The van der Waals surface area contributed by atoms with Crippen molar-refractivity contribution in [3.63, 3.8) is 0 Å². The van der Waals surface area contributed by atoms with Gasteiger partial charge in [-0.25, -0.2) is 0 Å². The lowest BCUT2D eigenvalue weighted by atomic mass is 9.74. The third-order valence-corrected chi connectivity index (χ3v) is 6.14. The molecular formula is C21H21F3N6O2. The first-order valence-electron chi connectivity index (χ1n) is 10.2. The van der Waals surface area contributed by atoms with Crippen molar-refractivity contribution in [3.05, 3.63) is 69.8 Å². The van der Waals surface area contributed by atoms with Crippen LogP contribution in [0.15, 0.2) is 53.6 Å². The topological polar surface area (TPSA) is 77.2 Å². The molecule has 0 saturated carbocycles. The monoisotopic (exact) mass is 446 g/mol. The van der Waals surface area contributed by atoms with Crippen LogP contribution < -0.4 is 5.43 Å². The Balaban J connectivity index is 1.54. The van der Waals surface area contributed by atoms with Gasteiger partial charge in [-0.15, -0.1) is 0 Å². The number of hydrazone groups is 1. The van der Waals surface area contributed by atoms with Crippen LogP contribution in [0.2, 0.25) is 0 Å². The van der Waals surface area contributed by atoms with Gasteiger partial charge < -0.3 is 0 Å². The second kappa shape index (κ2) is 7.54. The third-order valence-electron chi connectivity index (χ3n) is 6.14. The van der Waals surface area contributed by atoms with Crippen LogP contribution in [0.4, 0.5) is 24.5 Å². The lowest BCUT2D eigenvalue weighted by Crippen LogP contribution is -2.74. The lowest BCUT2D eigenvalue weighted by Gasteiger charge is -2.60. The number of nitro groups is 1. The Bertz CT molecular complexity index is 1040. The van der Waals surface area contributed by atoms with Crippen molar-refractivity contribution < 1.29 is 18.1 Å². The second-order valence-electron chi connectivity index (χ2n) is 8.62. The molecule has 0 aliphatic carbocycles. The van der Waals surface area contributed by atoms with E-state index in [-0.39, 0.29) is 11.1 Å². The van der Waals surface area contributed by atoms with Crippen LogP contribution >= 0.6 is 0 Å². The molecule has 4 heterocycles. The fourth-order valence-electron chi connectivity index (χ4n) is 5.10. The fraction of sp³-hybridized carbons (Fsp3) is 0.381. The lowest BCUT2D eigenvalue weighted by molar-refractivity contribution is -0.384. The first kappa shape index (κ1) is 20.9. The molecule has 11 heteroatoms. The van der Waals surface area contributed by atoms with Gasteiger partial charge in [0.15, 0.2) is 0 Å². The predicted molar refractivity (Wildman–Crippen MR) is 112 cm³/mol. The van der Waals surface area contributed by atoms with Crippen molar-refractivity contribution in [3.8, 4) is 0 Å². The molecule has 0 amide bonds. The molecule has 2 aromatic rings. The molecule has 8 nitrogen and oxygen atoms in total. The minimum atomic E-state index is -4.67. The molecule has 4 saturated heterocycles. The number of alkyl halides is 3. The number of anilines is 1. The molecule has 2 aromatic carbocycles. The minimum Gasteiger partial charge on any atom is -0.276 e. The summed E-state index contributed by atoms with van der Waals surface area (Å²) in [5.41, 5.74) is 2.20. The highest BCUT2D eigenvalue weighted by Crippen LogP contribution is 2.39. The molecule has 0 spiro atoms. The van der Waals surface area contributed by atoms with Crippen molar-refractivity contribution in [2.24, 2.45) is 10.5 Å². The molecule has 4 aliphatic heterocycles. The molecule has 4 bridgehead atoms. The van der Waals surface area contributed by atoms with Crippen LogP contribution in [0, 0.1) is 15.5 Å². The molecule has 32 heavy (non-hydrogen) atoms. The van der Waals surface area contributed by atoms with Crippen molar-refractivity contribution >= 4 is 17.1 Å². The zero-order valence-corrected chi connectivity index (χ0v) is 17.0. The van der Waals surface area contributed by atoms with Gasteiger partial charge in [-0.1, -0.05) is 30.3 Å². The number of halogens is 3. The van der Waals surface area contributed by atoms with E-state index in [1.165, 1.54) is 0 Å². The minimum absolute atomic E-state index is 0.0814. The summed E-state index contributed by atoms with van der Waals surface area (Å²) in [6.07, 6.45) is -4.67. The van der Waals surface area contributed by atoms with Gasteiger partial charge in [0.05, 0.1) is 41.6 Å². The third kappa shape index (κ3) is 3.72. The van der Waals surface area contributed by atoms with E-state index in [1.807, 2.05) is 30.3 Å². The highest BCUT2D eigenvalue weighted by atomic mass is 19.4. The zero-order valence-electron chi connectivity index (χ0n) is 17.0. The highest BCUT2D eigenvalue weighted by molar-refractivity contribution is 6.06. The van der Waals surface area contributed by atoms with Gasteiger partial charge in [-0.05, 0) is 17.7 Å². The van der Waals surface area contributed by atoms with Gasteiger partial charge in [0.1, 0.15) is 5.69 Å². The Morgan fingerprint density at radius 1 is 1.00 bits per heavy atom. The number of rotatable bonds is 5. The van der Waals surface area contributed by atoms with E-state index < -0.39 is 22.4 Å². The van der Waals surface area contributed by atoms with Crippen LogP contribution in [0.5, 0.6) is 0 Å². The van der Waals surface area contributed by atoms with Gasteiger partial charge in [0.25, 0.3) is 5.69 Å². The summed E-state index contributed by atoms with van der Waals surface area (Å²) in [4.78, 5) is 17.6. The maximum Gasteiger partial charge on any atom is 0.416 e. The van der Waals surface area contributed by atoms with Gasteiger partial charge in [-0.2, -0.15) is 18.3 Å². The molecule has 4 aliphatic rings. The van der Waals surface area contributed by atoms with E-state index in [2.05, 4.69) is 25.2 Å². The average Bonchev–Trinajstić information content (AvgIpc) is 2.73. The number of hydrogen-bond acceptors (Lipinski definition) is 7. The summed E-state index contributed by atoms with van der Waals surface area (Å²) < 4.78 is 39.1.